The molecule has 0 amide bonds. The molecule has 2 rings (SSSR count). The molecule has 1 saturated carbocycles. The molecule has 1 aliphatic carbocycles. The SMILES string of the molecule is CCC(O)(CC)[C@@]1(C(=O)OC)C[C@@H]1c1ccccc1. The zero-order valence-corrected chi connectivity index (χ0v) is 11.8. The standard InChI is InChI=1S/C16H22O3/c1-4-15(18,5-2)16(14(17)19-3)11-13(16)12-9-7-6-8-10-12/h6-10,13,18H,4-5,11H2,1-3H3/t13-,16+/m1/s1. The first kappa shape index (κ1) is 14.1. The molecule has 1 aromatic rings. The van der Waals surface area contributed by atoms with E-state index in [1.807, 2.05) is 44.2 Å². The summed E-state index contributed by atoms with van der Waals surface area (Å²) in [6.45, 7) is 3.85. The minimum atomic E-state index is -0.986. The maximum absolute atomic E-state index is 12.3. The predicted molar refractivity (Wildman–Crippen MR) is 73.8 cm³/mol. The molecule has 19 heavy (non-hydrogen) atoms. The Balaban J connectivity index is 2.39. The smallest absolute Gasteiger partial charge is 0.315 e. The van der Waals surface area contributed by atoms with Gasteiger partial charge in [0.05, 0.1) is 12.7 Å². The largest absolute Gasteiger partial charge is 0.468 e. The summed E-state index contributed by atoms with van der Waals surface area (Å²) in [5.74, 6) is -0.224. The van der Waals surface area contributed by atoms with Crippen LogP contribution in [0.4, 0.5) is 0 Å². The third kappa shape index (κ3) is 1.96. The second-order valence-electron chi connectivity index (χ2n) is 5.37. The summed E-state index contributed by atoms with van der Waals surface area (Å²) in [5, 5.41) is 10.9. The highest BCUT2D eigenvalue weighted by Gasteiger charge is 2.71. The highest BCUT2D eigenvalue weighted by atomic mass is 16.5. The second-order valence-corrected chi connectivity index (χ2v) is 5.37. The van der Waals surface area contributed by atoms with Gasteiger partial charge in [-0.1, -0.05) is 44.2 Å². The number of aliphatic hydroxyl groups is 1. The van der Waals surface area contributed by atoms with Gasteiger partial charge in [-0.3, -0.25) is 4.79 Å². The lowest BCUT2D eigenvalue weighted by Gasteiger charge is -2.34. The second kappa shape index (κ2) is 4.97. The normalized spacial score (nSPS) is 26.0. The zero-order chi connectivity index (χ0) is 14.1. The van der Waals surface area contributed by atoms with Gasteiger partial charge in [-0.25, -0.2) is 0 Å². The van der Waals surface area contributed by atoms with Crippen molar-refractivity contribution in [3.63, 3.8) is 0 Å². The lowest BCUT2D eigenvalue weighted by molar-refractivity contribution is -0.161. The van der Waals surface area contributed by atoms with E-state index in [1.54, 1.807) is 0 Å². The first-order chi connectivity index (χ1) is 9.05. The van der Waals surface area contributed by atoms with Crippen LogP contribution in [0, 0.1) is 5.41 Å². The van der Waals surface area contributed by atoms with Crippen molar-refractivity contribution in [2.24, 2.45) is 5.41 Å². The van der Waals surface area contributed by atoms with Crippen molar-refractivity contribution in [1.82, 2.24) is 0 Å². The molecule has 0 radical (unpaired) electrons. The van der Waals surface area contributed by atoms with E-state index >= 15 is 0 Å². The Kier molecular flexibility index (Phi) is 3.68. The summed E-state index contributed by atoms with van der Waals surface area (Å²) < 4.78 is 4.98. The van der Waals surface area contributed by atoms with E-state index in [0.717, 1.165) is 5.56 Å². The minimum absolute atomic E-state index is 0.0612. The molecular formula is C16H22O3. The van der Waals surface area contributed by atoms with Crippen molar-refractivity contribution >= 4 is 5.97 Å². The quantitative estimate of drug-likeness (QED) is 0.830. The molecule has 1 aliphatic rings. The number of hydrogen-bond donors (Lipinski definition) is 1. The average Bonchev–Trinajstić information content (AvgIpc) is 3.23. The van der Waals surface area contributed by atoms with Crippen LogP contribution in [-0.4, -0.2) is 23.8 Å². The van der Waals surface area contributed by atoms with Gasteiger partial charge in [-0.15, -0.1) is 0 Å². The summed E-state index contributed by atoms with van der Waals surface area (Å²) in [5.41, 5.74) is -0.652. The van der Waals surface area contributed by atoms with Crippen LogP contribution in [0.1, 0.15) is 44.6 Å². The van der Waals surface area contributed by atoms with Crippen molar-refractivity contribution in [1.29, 1.82) is 0 Å². The van der Waals surface area contributed by atoms with Crippen molar-refractivity contribution in [3.05, 3.63) is 35.9 Å². The van der Waals surface area contributed by atoms with Gasteiger partial charge in [0.25, 0.3) is 0 Å². The Labute approximate surface area is 114 Å². The predicted octanol–water partition coefficient (Wildman–Crippen LogP) is 2.88. The topological polar surface area (TPSA) is 46.5 Å². The number of rotatable bonds is 5. The maximum Gasteiger partial charge on any atom is 0.315 e. The number of ether oxygens (including phenoxy) is 1. The third-order valence-electron chi connectivity index (χ3n) is 4.71. The van der Waals surface area contributed by atoms with E-state index in [9.17, 15) is 9.90 Å². The fraction of sp³-hybridized carbons (Fsp3) is 0.562. The fourth-order valence-electron chi connectivity index (χ4n) is 3.34. The molecule has 0 saturated heterocycles. The first-order valence-electron chi connectivity index (χ1n) is 6.91. The lowest BCUT2D eigenvalue weighted by Crippen LogP contribution is -2.45. The molecule has 104 valence electrons. The van der Waals surface area contributed by atoms with Gasteiger partial charge in [-0.05, 0) is 24.8 Å². The van der Waals surface area contributed by atoms with Crippen LogP contribution in [-0.2, 0) is 9.53 Å². The third-order valence-corrected chi connectivity index (χ3v) is 4.71. The highest BCUT2D eigenvalue weighted by Crippen LogP contribution is 2.67. The summed E-state index contributed by atoms with van der Waals surface area (Å²) in [7, 11) is 1.40. The van der Waals surface area contributed by atoms with Gasteiger partial charge in [0.2, 0.25) is 0 Å². The molecule has 0 bridgehead atoms. The summed E-state index contributed by atoms with van der Waals surface area (Å²) in [4.78, 5) is 12.3. The number of esters is 1. The molecule has 0 unspecified atom stereocenters. The van der Waals surface area contributed by atoms with Gasteiger partial charge < -0.3 is 9.84 Å². The molecular weight excluding hydrogens is 240 g/mol. The number of carbonyl (C=O) groups is 1. The van der Waals surface area contributed by atoms with Crippen molar-refractivity contribution < 1.29 is 14.6 Å². The van der Waals surface area contributed by atoms with E-state index in [1.165, 1.54) is 7.11 Å². The Morgan fingerprint density at radius 2 is 1.95 bits per heavy atom. The Bertz CT molecular complexity index is 450. The Hall–Kier alpha value is -1.35. The number of benzene rings is 1. The number of hydrogen-bond acceptors (Lipinski definition) is 3. The van der Waals surface area contributed by atoms with Gasteiger partial charge >= 0.3 is 5.97 Å². The molecule has 0 aromatic heterocycles. The van der Waals surface area contributed by atoms with Crippen LogP contribution >= 0.6 is 0 Å². The first-order valence-corrected chi connectivity index (χ1v) is 6.91. The summed E-state index contributed by atoms with van der Waals surface area (Å²) in [6.07, 6.45) is 1.78. The lowest BCUT2D eigenvalue weighted by atomic mass is 9.77. The Morgan fingerprint density at radius 1 is 1.37 bits per heavy atom. The van der Waals surface area contributed by atoms with Crippen LogP contribution in [0.15, 0.2) is 30.3 Å². The summed E-state index contributed by atoms with van der Waals surface area (Å²) in [6, 6.07) is 9.92. The van der Waals surface area contributed by atoms with Gasteiger partial charge in [0.15, 0.2) is 0 Å². The molecule has 1 aromatic carbocycles. The van der Waals surface area contributed by atoms with Crippen LogP contribution in [0.3, 0.4) is 0 Å². The molecule has 2 atom stereocenters. The van der Waals surface area contributed by atoms with Gasteiger partial charge in [-0.2, -0.15) is 0 Å². The van der Waals surface area contributed by atoms with Crippen molar-refractivity contribution in [2.45, 2.75) is 44.6 Å². The van der Waals surface area contributed by atoms with Crippen LogP contribution in [0.5, 0.6) is 0 Å². The molecule has 0 aliphatic heterocycles. The van der Waals surface area contributed by atoms with E-state index < -0.39 is 11.0 Å². The Morgan fingerprint density at radius 3 is 2.42 bits per heavy atom. The molecule has 3 nitrogen and oxygen atoms in total. The van der Waals surface area contributed by atoms with E-state index in [4.69, 9.17) is 4.74 Å². The molecule has 1 fully saturated rings. The van der Waals surface area contributed by atoms with Gasteiger partial charge in [0.1, 0.15) is 5.41 Å². The summed E-state index contributed by atoms with van der Waals surface area (Å²) >= 11 is 0. The molecule has 1 N–H and O–H groups in total. The average molecular weight is 262 g/mol. The molecule has 0 heterocycles. The van der Waals surface area contributed by atoms with Crippen LogP contribution in [0.25, 0.3) is 0 Å². The minimum Gasteiger partial charge on any atom is -0.468 e. The fourth-order valence-corrected chi connectivity index (χ4v) is 3.34. The highest BCUT2D eigenvalue weighted by molar-refractivity contribution is 5.84. The number of methoxy groups -OCH3 is 1. The molecule has 3 heteroatoms. The van der Waals surface area contributed by atoms with E-state index in [0.29, 0.717) is 19.3 Å². The van der Waals surface area contributed by atoms with Gasteiger partial charge in [0, 0.05) is 5.92 Å². The zero-order valence-electron chi connectivity index (χ0n) is 11.8. The molecule has 0 spiro atoms. The van der Waals surface area contributed by atoms with Crippen LogP contribution < -0.4 is 0 Å². The van der Waals surface area contributed by atoms with Crippen molar-refractivity contribution in [3.8, 4) is 0 Å². The van der Waals surface area contributed by atoms with Crippen LogP contribution in [0.2, 0.25) is 0 Å². The maximum atomic E-state index is 12.3. The van der Waals surface area contributed by atoms with Crippen molar-refractivity contribution in [2.75, 3.05) is 7.11 Å². The monoisotopic (exact) mass is 262 g/mol. The van der Waals surface area contributed by atoms with E-state index in [2.05, 4.69) is 0 Å². The van der Waals surface area contributed by atoms with E-state index in [-0.39, 0.29) is 11.9 Å². The number of carbonyl (C=O) groups excluding carboxylic acids is 1.